The molecule has 0 heterocycles. The Morgan fingerprint density at radius 2 is 1.68 bits per heavy atom. The maximum Gasteiger partial charge on any atom is 0.244 e. The zero-order valence-electron chi connectivity index (χ0n) is 20.6. The van der Waals surface area contributed by atoms with Crippen molar-refractivity contribution in [3.63, 3.8) is 0 Å². The van der Waals surface area contributed by atoms with E-state index in [1.807, 2.05) is 58.0 Å². The van der Waals surface area contributed by atoms with Crippen molar-refractivity contribution in [3.05, 3.63) is 63.6 Å². The van der Waals surface area contributed by atoms with Gasteiger partial charge in [-0.1, -0.05) is 41.1 Å². The van der Waals surface area contributed by atoms with Crippen molar-refractivity contribution in [3.8, 4) is 0 Å². The molecule has 2 atom stereocenters. The Bertz CT molecular complexity index is 1120. The Kier molecular flexibility index (Phi) is 9.70. The van der Waals surface area contributed by atoms with Gasteiger partial charge < -0.3 is 10.2 Å². The first-order valence-corrected chi connectivity index (χ1v) is 13.9. The van der Waals surface area contributed by atoms with E-state index in [0.717, 1.165) is 38.1 Å². The number of anilines is 1. The summed E-state index contributed by atoms with van der Waals surface area (Å²) in [6.45, 7) is 9.04. The van der Waals surface area contributed by atoms with E-state index in [1.54, 1.807) is 19.1 Å². The molecule has 0 aromatic heterocycles. The average Bonchev–Trinajstić information content (AvgIpc) is 2.73. The Hall–Kier alpha value is -2.39. The molecule has 0 unspecified atom stereocenters. The highest BCUT2D eigenvalue weighted by Gasteiger charge is 2.30. The molecule has 7 nitrogen and oxygen atoms in total. The van der Waals surface area contributed by atoms with E-state index < -0.39 is 28.5 Å². The molecule has 0 saturated carbocycles. The van der Waals surface area contributed by atoms with Gasteiger partial charge in [0.15, 0.2) is 0 Å². The zero-order valence-corrected chi connectivity index (χ0v) is 23.0. The Morgan fingerprint density at radius 3 is 2.21 bits per heavy atom. The molecule has 1 N–H and O–H groups in total. The van der Waals surface area contributed by atoms with E-state index in [4.69, 9.17) is 0 Å². The van der Waals surface area contributed by atoms with Crippen LogP contribution in [0.3, 0.4) is 0 Å². The monoisotopic (exact) mass is 551 g/mol. The van der Waals surface area contributed by atoms with Crippen LogP contribution in [0, 0.1) is 13.8 Å². The number of carbonyl (C=O) groups excluding carboxylic acids is 2. The third-order valence-electron chi connectivity index (χ3n) is 5.58. The summed E-state index contributed by atoms with van der Waals surface area (Å²) in [6.07, 6.45) is 1.84. The predicted octanol–water partition coefficient (Wildman–Crippen LogP) is 4.16. The minimum Gasteiger partial charge on any atom is -0.352 e. The van der Waals surface area contributed by atoms with Crippen LogP contribution in [0.1, 0.15) is 43.9 Å². The van der Waals surface area contributed by atoms with Gasteiger partial charge in [-0.25, -0.2) is 8.42 Å². The van der Waals surface area contributed by atoms with E-state index >= 15 is 0 Å². The third-order valence-corrected chi connectivity index (χ3v) is 7.22. The fraction of sp³-hybridized carbons (Fsp3) is 0.440. The molecule has 2 aromatic rings. The number of rotatable bonds is 10. The SMILES string of the molecule is CC[C@@H](C)NC(=O)[C@H](C)N(Cc1cccc(Br)c1)C(=O)CN(c1cc(C)cc(C)c1)S(C)(=O)=O. The van der Waals surface area contributed by atoms with Crippen molar-refractivity contribution in [1.29, 1.82) is 0 Å². The molecule has 0 fully saturated rings. The lowest BCUT2D eigenvalue weighted by atomic mass is 10.1. The summed E-state index contributed by atoms with van der Waals surface area (Å²) < 4.78 is 27.3. The number of hydrogen-bond donors (Lipinski definition) is 1. The number of aryl methyl sites for hydroxylation is 2. The summed E-state index contributed by atoms with van der Waals surface area (Å²) in [5, 5.41) is 2.92. The molecule has 2 aromatic carbocycles. The minimum atomic E-state index is -3.75. The topological polar surface area (TPSA) is 86.8 Å². The van der Waals surface area contributed by atoms with Crippen LogP contribution in [0.2, 0.25) is 0 Å². The van der Waals surface area contributed by atoms with Gasteiger partial charge >= 0.3 is 0 Å². The smallest absolute Gasteiger partial charge is 0.244 e. The van der Waals surface area contributed by atoms with Crippen molar-refractivity contribution in [2.24, 2.45) is 0 Å². The largest absolute Gasteiger partial charge is 0.352 e. The fourth-order valence-electron chi connectivity index (χ4n) is 3.59. The summed E-state index contributed by atoms with van der Waals surface area (Å²) >= 11 is 3.44. The van der Waals surface area contributed by atoms with Crippen molar-refractivity contribution >= 4 is 43.5 Å². The van der Waals surface area contributed by atoms with Crippen molar-refractivity contribution in [1.82, 2.24) is 10.2 Å². The third kappa shape index (κ3) is 7.84. The van der Waals surface area contributed by atoms with E-state index in [0.29, 0.717) is 5.69 Å². The summed E-state index contributed by atoms with van der Waals surface area (Å²) in [4.78, 5) is 27.9. The number of benzene rings is 2. The second-order valence-corrected chi connectivity index (χ2v) is 11.6. The minimum absolute atomic E-state index is 0.0411. The summed E-state index contributed by atoms with van der Waals surface area (Å²) in [5.74, 6) is -0.744. The Labute approximate surface area is 211 Å². The van der Waals surface area contributed by atoms with E-state index in [2.05, 4.69) is 21.2 Å². The lowest BCUT2D eigenvalue weighted by Crippen LogP contribution is -2.52. The molecular formula is C25H34BrN3O4S. The average molecular weight is 553 g/mol. The predicted molar refractivity (Wildman–Crippen MR) is 140 cm³/mol. The van der Waals surface area contributed by atoms with Crippen molar-refractivity contribution in [2.75, 3.05) is 17.1 Å². The Morgan fingerprint density at radius 1 is 1.06 bits per heavy atom. The number of sulfonamides is 1. The standard InChI is InChI=1S/C25H34BrN3O4S/c1-7-19(4)27-25(31)20(5)28(15-21-9-8-10-22(26)14-21)24(30)16-29(34(6,32)33)23-12-17(2)11-18(3)13-23/h8-14,19-20H,7,15-16H2,1-6H3,(H,27,31)/t19-,20+/m1/s1. The van der Waals surface area contributed by atoms with Gasteiger partial charge in [0.1, 0.15) is 12.6 Å². The number of hydrogen-bond acceptors (Lipinski definition) is 4. The van der Waals surface area contributed by atoms with Crippen LogP contribution in [0.25, 0.3) is 0 Å². The van der Waals surface area contributed by atoms with E-state index in [9.17, 15) is 18.0 Å². The van der Waals surface area contributed by atoms with Crippen LogP contribution in [0.4, 0.5) is 5.69 Å². The molecule has 0 bridgehead atoms. The van der Waals surface area contributed by atoms with Crippen molar-refractivity contribution in [2.45, 2.75) is 59.7 Å². The number of nitrogens with zero attached hydrogens (tertiary/aromatic N) is 2. The van der Waals surface area contributed by atoms with Gasteiger partial charge in [0.05, 0.1) is 11.9 Å². The first-order chi connectivity index (χ1) is 15.8. The molecule has 0 spiro atoms. The summed E-state index contributed by atoms with van der Waals surface area (Å²) in [6, 6.07) is 12.0. The molecule has 34 heavy (non-hydrogen) atoms. The normalized spacial score (nSPS) is 13.1. The highest BCUT2D eigenvalue weighted by atomic mass is 79.9. The molecule has 0 aliphatic heterocycles. The van der Waals surface area contributed by atoms with Gasteiger partial charge in [-0.15, -0.1) is 0 Å². The van der Waals surface area contributed by atoms with E-state index in [-0.39, 0.29) is 18.5 Å². The van der Waals surface area contributed by atoms with Gasteiger partial charge in [0, 0.05) is 17.1 Å². The van der Waals surface area contributed by atoms with Crippen LogP contribution >= 0.6 is 15.9 Å². The van der Waals surface area contributed by atoms with E-state index in [1.165, 1.54) is 4.90 Å². The van der Waals surface area contributed by atoms with Gasteiger partial charge in [-0.05, 0) is 75.1 Å². The van der Waals surface area contributed by atoms with Crippen LogP contribution in [0.5, 0.6) is 0 Å². The zero-order chi connectivity index (χ0) is 25.6. The highest BCUT2D eigenvalue weighted by Crippen LogP contribution is 2.22. The molecule has 0 radical (unpaired) electrons. The molecule has 2 amide bonds. The van der Waals surface area contributed by atoms with Crippen LogP contribution in [-0.4, -0.2) is 50.0 Å². The molecule has 0 aliphatic rings. The summed E-state index contributed by atoms with van der Waals surface area (Å²) in [7, 11) is -3.75. The number of carbonyl (C=O) groups is 2. The first kappa shape index (κ1) is 27.9. The van der Waals surface area contributed by atoms with Crippen LogP contribution < -0.4 is 9.62 Å². The number of amides is 2. The molecule has 0 saturated heterocycles. The maximum absolute atomic E-state index is 13.6. The summed E-state index contributed by atoms with van der Waals surface area (Å²) in [5.41, 5.74) is 3.03. The highest BCUT2D eigenvalue weighted by molar-refractivity contribution is 9.10. The van der Waals surface area contributed by atoms with Crippen molar-refractivity contribution < 1.29 is 18.0 Å². The fourth-order valence-corrected chi connectivity index (χ4v) is 4.87. The van der Waals surface area contributed by atoms with Gasteiger partial charge in [-0.3, -0.25) is 13.9 Å². The van der Waals surface area contributed by atoms with Gasteiger partial charge in [0.25, 0.3) is 0 Å². The number of halogens is 1. The maximum atomic E-state index is 13.6. The van der Waals surface area contributed by atoms with Gasteiger partial charge in [-0.2, -0.15) is 0 Å². The van der Waals surface area contributed by atoms with Crippen LogP contribution in [-0.2, 0) is 26.2 Å². The second kappa shape index (κ2) is 11.8. The lowest BCUT2D eigenvalue weighted by Gasteiger charge is -2.32. The molecule has 9 heteroatoms. The molecule has 186 valence electrons. The molecule has 2 rings (SSSR count). The molecule has 0 aliphatic carbocycles. The van der Waals surface area contributed by atoms with Crippen LogP contribution in [0.15, 0.2) is 46.9 Å². The first-order valence-electron chi connectivity index (χ1n) is 11.2. The lowest BCUT2D eigenvalue weighted by molar-refractivity contribution is -0.139. The second-order valence-electron chi connectivity index (χ2n) is 8.76. The quantitative estimate of drug-likeness (QED) is 0.480. The van der Waals surface area contributed by atoms with Gasteiger partial charge in [0.2, 0.25) is 21.8 Å². The number of nitrogens with one attached hydrogen (secondary N) is 1. The molecular weight excluding hydrogens is 518 g/mol. The Balaban J connectivity index is 2.42.